The Morgan fingerprint density at radius 1 is 1.24 bits per heavy atom. The van der Waals surface area contributed by atoms with Gasteiger partial charge in [0, 0.05) is 19.2 Å². The van der Waals surface area contributed by atoms with Gasteiger partial charge in [-0.2, -0.15) is 4.31 Å². The third-order valence-corrected chi connectivity index (χ3v) is 6.06. The van der Waals surface area contributed by atoms with Crippen molar-refractivity contribution in [3.8, 4) is 11.4 Å². The molecule has 0 aliphatic carbocycles. The summed E-state index contributed by atoms with van der Waals surface area (Å²) in [5.41, 5.74) is 0.760. The van der Waals surface area contributed by atoms with Crippen molar-refractivity contribution in [1.29, 1.82) is 0 Å². The van der Waals surface area contributed by atoms with Crippen LogP contribution in [0.25, 0.3) is 16.9 Å². The number of nitrogens with one attached hydrogen (secondary N) is 1. The molecule has 0 unspecified atom stereocenters. The SMILES string of the molecule is CS(=O)(=O)N1CC[C@@H](Nc2ncc3c(F)cc(-c4ccc(F)cn4)n3n2)[C@H](O)C1. The molecule has 0 bridgehead atoms. The number of halogens is 2. The molecule has 0 amide bonds. The molecule has 154 valence electrons. The van der Waals surface area contributed by atoms with Crippen molar-refractivity contribution in [3.63, 3.8) is 0 Å². The largest absolute Gasteiger partial charge is 0.390 e. The van der Waals surface area contributed by atoms with Crippen molar-refractivity contribution >= 4 is 21.5 Å². The summed E-state index contributed by atoms with van der Waals surface area (Å²) in [5, 5.41) is 17.5. The van der Waals surface area contributed by atoms with Crippen LogP contribution in [0.15, 0.2) is 30.6 Å². The minimum atomic E-state index is -3.39. The Hall–Kier alpha value is -2.70. The van der Waals surface area contributed by atoms with Crippen LogP contribution in [0.2, 0.25) is 0 Å². The van der Waals surface area contributed by atoms with Crippen LogP contribution in [0.3, 0.4) is 0 Å². The number of hydrogen-bond acceptors (Lipinski definition) is 7. The molecule has 4 rings (SSSR count). The molecule has 1 aliphatic rings. The van der Waals surface area contributed by atoms with Crippen LogP contribution in [-0.4, -0.2) is 68.9 Å². The molecule has 0 spiro atoms. The van der Waals surface area contributed by atoms with Gasteiger partial charge in [0.2, 0.25) is 16.0 Å². The van der Waals surface area contributed by atoms with Gasteiger partial charge in [-0.25, -0.2) is 26.7 Å². The molecule has 1 aliphatic heterocycles. The Bertz CT molecular complexity index is 1150. The summed E-state index contributed by atoms with van der Waals surface area (Å²) in [6, 6.07) is 3.38. The lowest BCUT2D eigenvalue weighted by Crippen LogP contribution is -2.51. The van der Waals surface area contributed by atoms with Gasteiger partial charge in [0.25, 0.3) is 0 Å². The van der Waals surface area contributed by atoms with E-state index in [1.807, 2.05) is 0 Å². The Balaban J connectivity index is 1.61. The summed E-state index contributed by atoms with van der Waals surface area (Å²) in [6.45, 7) is 0.209. The van der Waals surface area contributed by atoms with E-state index >= 15 is 0 Å². The highest BCUT2D eigenvalue weighted by molar-refractivity contribution is 7.88. The quantitative estimate of drug-likeness (QED) is 0.639. The summed E-state index contributed by atoms with van der Waals surface area (Å²) < 4.78 is 53.2. The number of aliphatic hydroxyl groups excluding tert-OH is 1. The molecule has 1 fully saturated rings. The molecule has 4 heterocycles. The zero-order valence-corrected chi connectivity index (χ0v) is 16.1. The second-order valence-corrected chi connectivity index (χ2v) is 8.83. The number of fused-ring (bicyclic) bond motifs is 1. The Morgan fingerprint density at radius 3 is 2.69 bits per heavy atom. The first-order chi connectivity index (χ1) is 13.7. The summed E-state index contributed by atoms with van der Waals surface area (Å²) in [4.78, 5) is 8.03. The first-order valence-electron chi connectivity index (χ1n) is 8.78. The topological polar surface area (TPSA) is 113 Å². The van der Waals surface area contributed by atoms with Crippen LogP contribution in [-0.2, 0) is 10.0 Å². The van der Waals surface area contributed by atoms with Gasteiger partial charge >= 0.3 is 0 Å². The van der Waals surface area contributed by atoms with E-state index in [-0.39, 0.29) is 24.6 Å². The number of anilines is 1. The van der Waals surface area contributed by atoms with E-state index in [1.165, 1.54) is 33.2 Å². The van der Waals surface area contributed by atoms with E-state index in [9.17, 15) is 22.3 Å². The highest BCUT2D eigenvalue weighted by Gasteiger charge is 2.32. The lowest BCUT2D eigenvalue weighted by Gasteiger charge is -2.34. The Labute approximate surface area is 165 Å². The van der Waals surface area contributed by atoms with Crippen molar-refractivity contribution in [2.75, 3.05) is 24.7 Å². The van der Waals surface area contributed by atoms with E-state index in [0.29, 0.717) is 17.8 Å². The summed E-state index contributed by atoms with van der Waals surface area (Å²) in [6.07, 6.45) is 2.80. The molecule has 3 aromatic heterocycles. The van der Waals surface area contributed by atoms with Crippen LogP contribution in [0, 0.1) is 11.6 Å². The number of pyridine rings is 1. The Kier molecular flexibility index (Phi) is 4.92. The van der Waals surface area contributed by atoms with Crippen molar-refractivity contribution in [2.45, 2.75) is 18.6 Å². The smallest absolute Gasteiger partial charge is 0.241 e. The molecule has 3 aromatic rings. The van der Waals surface area contributed by atoms with Crippen LogP contribution in [0.1, 0.15) is 6.42 Å². The van der Waals surface area contributed by atoms with Crippen LogP contribution in [0.5, 0.6) is 0 Å². The zero-order chi connectivity index (χ0) is 20.8. The van der Waals surface area contributed by atoms with Crippen LogP contribution in [0.4, 0.5) is 14.7 Å². The van der Waals surface area contributed by atoms with Gasteiger partial charge in [0.15, 0.2) is 5.82 Å². The summed E-state index contributed by atoms with van der Waals surface area (Å²) in [7, 11) is -3.39. The maximum atomic E-state index is 14.3. The number of hydrogen-bond donors (Lipinski definition) is 2. The lowest BCUT2D eigenvalue weighted by atomic mass is 10.0. The first-order valence-corrected chi connectivity index (χ1v) is 10.6. The van der Waals surface area contributed by atoms with Crippen molar-refractivity contribution in [3.05, 3.63) is 42.2 Å². The minimum Gasteiger partial charge on any atom is -0.390 e. The molecule has 0 radical (unpaired) electrons. The predicted octanol–water partition coefficient (Wildman–Crippen LogP) is 0.876. The van der Waals surface area contributed by atoms with Crippen molar-refractivity contribution in [1.82, 2.24) is 23.9 Å². The molecule has 1 saturated heterocycles. The monoisotopic (exact) mass is 424 g/mol. The van der Waals surface area contributed by atoms with Gasteiger partial charge in [-0.1, -0.05) is 0 Å². The second-order valence-electron chi connectivity index (χ2n) is 6.85. The fourth-order valence-electron chi connectivity index (χ4n) is 3.27. The van der Waals surface area contributed by atoms with Gasteiger partial charge < -0.3 is 10.4 Å². The number of nitrogens with zero attached hydrogens (tertiary/aromatic N) is 5. The molecular weight excluding hydrogens is 406 g/mol. The van der Waals surface area contributed by atoms with E-state index in [1.54, 1.807) is 0 Å². The first kappa shape index (κ1) is 19.6. The minimum absolute atomic E-state index is 0.0400. The maximum Gasteiger partial charge on any atom is 0.241 e. The number of rotatable bonds is 4. The van der Waals surface area contributed by atoms with E-state index in [0.717, 1.165) is 12.5 Å². The summed E-state index contributed by atoms with van der Waals surface area (Å²) in [5.74, 6) is -0.936. The third kappa shape index (κ3) is 3.91. The standard InChI is InChI=1S/C17H18F2N6O3S/c1-29(27,28)24-5-4-13(16(26)9-24)22-17-21-8-15-11(19)6-14(25(15)23-17)12-3-2-10(18)7-20-12/h2-3,6-8,13,16,26H,4-5,9H2,1H3,(H,22,23)/t13-,16-/m1/s1. The number of piperidine rings is 1. The number of aliphatic hydroxyl groups is 1. The van der Waals surface area contributed by atoms with E-state index < -0.39 is 33.8 Å². The molecule has 2 N–H and O–H groups in total. The molecular formula is C17H18F2N6O3S. The highest BCUT2D eigenvalue weighted by atomic mass is 32.2. The van der Waals surface area contributed by atoms with Crippen LogP contribution < -0.4 is 5.32 Å². The molecule has 0 aromatic carbocycles. The molecule has 9 nitrogen and oxygen atoms in total. The number of aromatic nitrogens is 4. The molecule has 29 heavy (non-hydrogen) atoms. The predicted molar refractivity (Wildman–Crippen MR) is 101 cm³/mol. The van der Waals surface area contributed by atoms with E-state index in [2.05, 4.69) is 20.4 Å². The number of β-amino-alcohol motifs (C(OH)–C–C–N with tert-alkyl or cyclic N) is 1. The Morgan fingerprint density at radius 2 is 2.03 bits per heavy atom. The summed E-state index contributed by atoms with van der Waals surface area (Å²) >= 11 is 0. The zero-order valence-electron chi connectivity index (χ0n) is 15.3. The van der Waals surface area contributed by atoms with Gasteiger partial charge in [0.1, 0.15) is 11.3 Å². The number of sulfonamides is 1. The van der Waals surface area contributed by atoms with Gasteiger partial charge in [0.05, 0.1) is 42.2 Å². The van der Waals surface area contributed by atoms with Crippen molar-refractivity contribution in [2.24, 2.45) is 0 Å². The maximum absolute atomic E-state index is 14.3. The molecule has 0 saturated carbocycles. The fourth-order valence-corrected chi connectivity index (χ4v) is 4.13. The van der Waals surface area contributed by atoms with Gasteiger partial charge in [-0.3, -0.25) is 4.98 Å². The lowest BCUT2D eigenvalue weighted by molar-refractivity contribution is 0.0950. The molecule has 2 atom stereocenters. The highest BCUT2D eigenvalue weighted by Crippen LogP contribution is 2.24. The van der Waals surface area contributed by atoms with E-state index in [4.69, 9.17) is 0 Å². The molecule has 12 heteroatoms. The second kappa shape index (κ2) is 7.28. The normalized spacial score (nSPS) is 20.8. The van der Waals surface area contributed by atoms with Gasteiger partial charge in [-0.15, -0.1) is 5.10 Å². The fraction of sp³-hybridized carbons (Fsp3) is 0.353. The third-order valence-electron chi connectivity index (χ3n) is 4.79. The van der Waals surface area contributed by atoms with Gasteiger partial charge in [-0.05, 0) is 18.6 Å². The van der Waals surface area contributed by atoms with Crippen LogP contribution >= 0.6 is 0 Å². The average Bonchev–Trinajstić information content (AvgIpc) is 2.99. The average molecular weight is 424 g/mol. The van der Waals surface area contributed by atoms with Crippen molar-refractivity contribution < 1.29 is 22.3 Å².